The van der Waals surface area contributed by atoms with Crippen LogP contribution in [0, 0.1) is 5.92 Å². The smallest absolute Gasteiger partial charge is 0.225 e. The molecule has 3 rings (SSSR count). The molecule has 0 saturated carbocycles. The summed E-state index contributed by atoms with van der Waals surface area (Å²) in [6.45, 7) is 2.27. The Morgan fingerprint density at radius 2 is 1.67 bits per heavy atom. The van der Waals surface area contributed by atoms with Crippen LogP contribution in [0.3, 0.4) is 0 Å². The van der Waals surface area contributed by atoms with Crippen LogP contribution in [0.1, 0.15) is 25.7 Å². The number of hydrogen-bond donors (Lipinski definition) is 0. The minimum atomic E-state index is -3.16. The van der Waals surface area contributed by atoms with Crippen LogP contribution >= 0.6 is 11.6 Å². The molecule has 0 spiro atoms. The molecule has 0 radical (unpaired) electrons. The Morgan fingerprint density at radius 1 is 1.11 bits per heavy atom. The summed E-state index contributed by atoms with van der Waals surface area (Å²) in [5.41, 5.74) is 0. The highest BCUT2D eigenvalue weighted by atomic mass is 35.5. The van der Waals surface area contributed by atoms with E-state index in [9.17, 15) is 13.2 Å². The van der Waals surface area contributed by atoms with Gasteiger partial charge in [-0.2, -0.15) is 0 Å². The fourth-order valence-electron chi connectivity index (χ4n) is 3.82. The molecule has 0 N–H and O–H groups in total. The molecule has 2 aliphatic rings. The number of piperidine rings is 2. The summed E-state index contributed by atoms with van der Waals surface area (Å²) in [7, 11) is -1.20. The van der Waals surface area contributed by atoms with Gasteiger partial charge in [0.1, 0.15) is 0 Å². The third-order valence-electron chi connectivity index (χ3n) is 5.52. The van der Waals surface area contributed by atoms with E-state index in [4.69, 9.17) is 11.6 Å². The molecule has 3 heterocycles. The minimum absolute atomic E-state index is 0.0723. The zero-order valence-electron chi connectivity index (χ0n) is 15.7. The van der Waals surface area contributed by atoms with Crippen molar-refractivity contribution in [3.8, 4) is 0 Å². The van der Waals surface area contributed by atoms with Gasteiger partial charge in [0, 0.05) is 45.2 Å². The largest absolute Gasteiger partial charge is 0.342 e. The number of carbonyl (C=O) groups is 1. The fraction of sp³-hybridized carbons (Fsp3) is 0.706. The Bertz CT molecular complexity index is 757. The molecule has 1 aromatic heterocycles. The van der Waals surface area contributed by atoms with Crippen molar-refractivity contribution in [1.82, 2.24) is 19.2 Å². The van der Waals surface area contributed by atoms with Crippen molar-refractivity contribution in [3.63, 3.8) is 0 Å². The monoisotopic (exact) mass is 415 g/mol. The summed E-state index contributed by atoms with van der Waals surface area (Å²) in [5, 5.41) is 0.509. The van der Waals surface area contributed by atoms with Crippen molar-refractivity contribution in [1.29, 1.82) is 0 Å². The van der Waals surface area contributed by atoms with Crippen molar-refractivity contribution in [2.24, 2.45) is 5.92 Å². The van der Waals surface area contributed by atoms with Crippen molar-refractivity contribution in [3.05, 3.63) is 17.4 Å². The molecule has 8 nitrogen and oxygen atoms in total. The molecule has 0 aliphatic carbocycles. The second-order valence-corrected chi connectivity index (χ2v) is 9.72. The zero-order chi connectivity index (χ0) is 19.6. The van der Waals surface area contributed by atoms with Crippen LogP contribution in [-0.2, 0) is 14.8 Å². The molecule has 1 amide bonds. The van der Waals surface area contributed by atoms with E-state index in [0.29, 0.717) is 50.0 Å². The van der Waals surface area contributed by atoms with Crippen LogP contribution in [-0.4, -0.2) is 79.0 Å². The predicted octanol–water partition coefficient (Wildman–Crippen LogP) is 1.23. The SMILES string of the molecule is CN(c1ncc(Cl)cn1)C1CCN(C(=O)C2CCN(S(C)(=O)=O)CC2)CC1. The molecule has 150 valence electrons. The first kappa shape index (κ1) is 20.3. The van der Waals surface area contributed by atoms with Crippen LogP contribution < -0.4 is 4.90 Å². The van der Waals surface area contributed by atoms with Crippen molar-refractivity contribution < 1.29 is 13.2 Å². The molecule has 10 heteroatoms. The van der Waals surface area contributed by atoms with E-state index < -0.39 is 10.0 Å². The maximum absolute atomic E-state index is 12.8. The molecule has 0 aromatic carbocycles. The first-order valence-corrected chi connectivity index (χ1v) is 11.4. The third-order valence-corrected chi connectivity index (χ3v) is 7.02. The summed E-state index contributed by atoms with van der Waals surface area (Å²) >= 11 is 5.84. The first-order chi connectivity index (χ1) is 12.8. The number of likely N-dealkylation sites (tertiary alicyclic amines) is 1. The standard InChI is InChI=1S/C17H26ClN5O3S/c1-21(17-19-11-14(18)12-20-17)15-5-7-22(8-6-15)16(24)13-3-9-23(10-4-13)27(2,25)26/h11-13,15H,3-10H2,1-2H3. The highest BCUT2D eigenvalue weighted by molar-refractivity contribution is 7.88. The molecule has 2 aliphatic heterocycles. The van der Waals surface area contributed by atoms with Crippen LogP contribution in [0.25, 0.3) is 0 Å². The summed E-state index contributed by atoms with van der Waals surface area (Å²) < 4.78 is 24.7. The molecular weight excluding hydrogens is 390 g/mol. The summed E-state index contributed by atoms with van der Waals surface area (Å²) in [4.78, 5) is 25.3. The Morgan fingerprint density at radius 3 is 2.19 bits per heavy atom. The van der Waals surface area contributed by atoms with Crippen LogP contribution in [0.5, 0.6) is 0 Å². The van der Waals surface area contributed by atoms with Crippen molar-refractivity contribution in [2.75, 3.05) is 44.4 Å². The first-order valence-electron chi connectivity index (χ1n) is 9.20. The van der Waals surface area contributed by atoms with Gasteiger partial charge in [0.05, 0.1) is 23.7 Å². The van der Waals surface area contributed by atoms with Gasteiger partial charge in [-0.1, -0.05) is 11.6 Å². The number of hydrogen-bond acceptors (Lipinski definition) is 6. The molecule has 0 unspecified atom stereocenters. The lowest BCUT2D eigenvalue weighted by atomic mass is 9.94. The van der Waals surface area contributed by atoms with E-state index in [2.05, 4.69) is 9.97 Å². The molecule has 0 atom stereocenters. The van der Waals surface area contributed by atoms with Crippen molar-refractivity contribution in [2.45, 2.75) is 31.7 Å². The number of rotatable bonds is 4. The molecule has 2 fully saturated rings. The lowest BCUT2D eigenvalue weighted by Gasteiger charge is -2.39. The number of sulfonamides is 1. The summed E-state index contributed by atoms with van der Waals surface area (Å²) in [6.07, 6.45) is 7.31. The predicted molar refractivity (Wildman–Crippen MR) is 104 cm³/mol. The van der Waals surface area contributed by atoms with Gasteiger partial charge >= 0.3 is 0 Å². The van der Waals surface area contributed by atoms with Crippen LogP contribution in [0.15, 0.2) is 12.4 Å². The molecule has 0 bridgehead atoms. The number of amides is 1. The normalized spacial score (nSPS) is 20.6. The Balaban J connectivity index is 1.50. The summed E-state index contributed by atoms with van der Waals surface area (Å²) in [5.74, 6) is 0.723. The lowest BCUT2D eigenvalue weighted by molar-refractivity contribution is -0.137. The summed E-state index contributed by atoms with van der Waals surface area (Å²) in [6, 6.07) is 0.280. The molecular formula is C17H26ClN5O3S. The Hall–Kier alpha value is -1.45. The number of halogens is 1. The fourth-order valence-corrected chi connectivity index (χ4v) is 4.79. The number of aromatic nitrogens is 2. The second-order valence-electron chi connectivity index (χ2n) is 7.30. The topological polar surface area (TPSA) is 86.7 Å². The maximum Gasteiger partial charge on any atom is 0.225 e. The minimum Gasteiger partial charge on any atom is -0.342 e. The maximum atomic E-state index is 12.8. The quantitative estimate of drug-likeness (QED) is 0.735. The van der Waals surface area contributed by atoms with Crippen LogP contribution in [0.4, 0.5) is 5.95 Å². The Labute approximate surface area is 165 Å². The van der Waals surface area contributed by atoms with Gasteiger partial charge in [0.15, 0.2) is 0 Å². The molecule has 27 heavy (non-hydrogen) atoms. The van der Waals surface area contributed by atoms with E-state index in [1.165, 1.54) is 10.6 Å². The average molecular weight is 416 g/mol. The number of nitrogens with zero attached hydrogens (tertiary/aromatic N) is 5. The highest BCUT2D eigenvalue weighted by Crippen LogP contribution is 2.25. The van der Waals surface area contributed by atoms with Gasteiger partial charge in [-0.3, -0.25) is 4.79 Å². The number of carbonyl (C=O) groups excluding carboxylic acids is 1. The van der Waals surface area contributed by atoms with Gasteiger partial charge in [0.2, 0.25) is 21.9 Å². The van der Waals surface area contributed by atoms with E-state index in [-0.39, 0.29) is 17.9 Å². The zero-order valence-corrected chi connectivity index (χ0v) is 17.3. The van der Waals surface area contributed by atoms with E-state index >= 15 is 0 Å². The van der Waals surface area contributed by atoms with Gasteiger partial charge in [0.25, 0.3) is 0 Å². The van der Waals surface area contributed by atoms with E-state index in [1.807, 2.05) is 16.8 Å². The van der Waals surface area contributed by atoms with E-state index in [0.717, 1.165) is 12.8 Å². The third kappa shape index (κ3) is 4.89. The average Bonchev–Trinajstić information content (AvgIpc) is 2.67. The van der Waals surface area contributed by atoms with Gasteiger partial charge in [-0.05, 0) is 25.7 Å². The van der Waals surface area contributed by atoms with Crippen molar-refractivity contribution >= 4 is 33.5 Å². The van der Waals surface area contributed by atoms with Crippen LogP contribution in [0.2, 0.25) is 5.02 Å². The lowest BCUT2D eigenvalue weighted by Crippen LogP contribution is -2.49. The molecule has 1 aromatic rings. The highest BCUT2D eigenvalue weighted by Gasteiger charge is 2.33. The molecule has 2 saturated heterocycles. The van der Waals surface area contributed by atoms with Gasteiger partial charge < -0.3 is 9.80 Å². The second kappa shape index (κ2) is 8.28. The van der Waals surface area contributed by atoms with Gasteiger partial charge in [-0.15, -0.1) is 0 Å². The number of anilines is 1. The van der Waals surface area contributed by atoms with E-state index in [1.54, 1.807) is 12.4 Å². The van der Waals surface area contributed by atoms with Gasteiger partial charge in [-0.25, -0.2) is 22.7 Å². The Kier molecular flexibility index (Phi) is 6.22.